The van der Waals surface area contributed by atoms with Gasteiger partial charge in [-0.1, -0.05) is 0 Å². The van der Waals surface area contributed by atoms with E-state index in [1.54, 1.807) is 6.92 Å². The molecule has 0 bridgehead atoms. The minimum atomic E-state index is -0.851. The van der Waals surface area contributed by atoms with Crippen LogP contribution in [0.2, 0.25) is 0 Å². The molecule has 5 heteroatoms. The van der Waals surface area contributed by atoms with Gasteiger partial charge in [0.15, 0.2) is 0 Å². The van der Waals surface area contributed by atoms with Crippen LogP contribution in [0.1, 0.15) is 46.0 Å². The molecule has 0 radical (unpaired) electrons. The van der Waals surface area contributed by atoms with Crippen LogP contribution in [0.5, 0.6) is 0 Å². The summed E-state index contributed by atoms with van der Waals surface area (Å²) in [4.78, 5) is 35.9. The Bertz CT molecular complexity index is 329. The third-order valence-corrected chi connectivity index (χ3v) is 3.40. The van der Waals surface area contributed by atoms with Crippen LogP contribution in [0, 0.1) is 0 Å². The van der Waals surface area contributed by atoms with Gasteiger partial charge in [0, 0.05) is 13.0 Å². The molecule has 0 aromatic rings. The number of aldehydes is 1. The van der Waals surface area contributed by atoms with Gasteiger partial charge >= 0.3 is 6.09 Å². The van der Waals surface area contributed by atoms with Crippen molar-refractivity contribution < 1.29 is 19.1 Å². The molecular formula is C13H21NO4. The van der Waals surface area contributed by atoms with Crippen molar-refractivity contribution in [3.05, 3.63) is 0 Å². The van der Waals surface area contributed by atoms with E-state index in [4.69, 9.17) is 4.74 Å². The maximum absolute atomic E-state index is 11.9. The standard InChI is InChI=1S/C13H21NO4/c1-3-18-12(17)14-9-5-4-7-13(14,10-15)8-6-11(2)16/h10H,3-9H2,1-2H3. The zero-order valence-corrected chi connectivity index (χ0v) is 11.1. The first-order valence-electron chi connectivity index (χ1n) is 6.46. The molecule has 1 saturated heterocycles. The minimum absolute atomic E-state index is 0.0330. The van der Waals surface area contributed by atoms with Crippen LogP contribution >= 0.6 is 0 Å². The van der Waals surface area contributed by atoms with Crippen LogP contribution < -0.4 is 0 Å². The fraction of sp³-hybridized carbons (Fsp3) is 0.769. The van der Waals surface area contributed by atoms with E-state index < -0.39 is 11.6 Å². The lowest BCUT2D eigenvalue weighted by Gasteiger charge is -2.42. The van der Waals surface area contributed by atoms with Gasteiger partial charge < -0.3 is 14.3 Å². The van der Waals surface area contributed by atoms with Crippen molar-refractivity contribution in [2.24, 2.45) is 0 Å². The van der Waals surface area contributed by atoms with Gasteiger partial charge in [-0.15, -0.1) is 0 Å². The van der Waals surface area contributed by atoms with E-state index in [2.05, 4.69) is 0 Å². The van der Waals surface area contributed by atoms with Crippen molar-refractivity contribution in [1.82, 2.24) is 4.90 Å². The first-order chi connectivity index (χ1) is 8.55. The Morgan fingerprint density at radius 3 is 2.67 bits per heavy atom. The lowest BCUT2D eigenvalue weighted by Crippen LogP contribution is -2.56. The fourth-order valence-electron chi connectivity index (χ4n) is 2.37. The zero-order chi connectivity index (χ0) is 13.6. The van der Waals surface area contributed by atoms with Gasteiger partial charge in [-0.25, -0.2) is 4.79 Å². The van der Waals surface area contributed by atoms with Crippen LogP contribution in [0.25, 0.3) is 0 Å². The first kappa shape index (κ1) is 14.7. The average Bonchev–Trinajstić information content (AvgIpc) is 2.37. The largest absolute Gasteiger partial charge is 0.450 e. The number of ketones is 1. The fourth-order valence-corrected chi connectivity index (χ4v) is 2.37. The van der Waals surface area contributed by atoms with E-state index in [0.717, 1.165) is 19.1 Å². The maximum atomic E-state index is 11.9. The highest BCUT2D eigenvalue weighted by atomic mass is 16.6. The molecule has 1 fully saturated rings. The molecule has 1 atom stereocenters. The van der Waals surface area contributed by atoms with Crippen molar-refractivity contribution in [1.29, 1.82) is 0 Å². The Morgan fingerprint density at radius 1 is 1.39 bits per heavy atom. The highest BCUT2D eigenvalue weighted by Gasteiger charge is 2.42. The number of Topliss-reactive ketones (excluding diaryl/α,β-unsaturated/α-hetero) is 1. The first-order valence-corrected chi connectivity index (χ1v) is 6.46. The van der Waals surface area contributed by atoms with Gasteiger partial charge in [0.25, 0.3) is 0 Å². The molecule has 0 aromatic carbocycles. The highest BCUT2D eigenvalue weighted by molar-refractivity contribution is 5.79. The summed E-state index contributed by atoms with van der Waals surface area (Å²) >= 11 is 0. The Balaban J connectivity index is 2.84. The van der Waals surface area contributed by atoms with Crippen LogP contribution in [-0.2, 0) is 14.3 Å². The second-order valence-corrected chi connectivity index (χ2v) is 4.73. The second-order valence-electron chi connectivity index (χ2n) is 4.73. The monoisotopic (exact) mass is 255 g/mol. The van der Waals surface area contributed by atoms with Gasteiger partial charge in [-0.2, -0.15) is 0 Å². The minimum Gasteiger partial charge on any atom is -0.450 e. The topological polar surface area (TPSA) is 63.7 Å². The molecule has 0 aromatic heterocycles. The quantitative estimate of drug-likeness (QED) is 0.704. The predicted octanol–water partition coefficient (Wildman–Crippen LogP) is 1.94. The molecule has 102 valence electrons. The summed E-state index contributed by atoms with van der Waals surface area (Å²) in [6.07, 6.45) is 3.45. The Kier molecular flexibility index (Phi) is 5.31. The van der Waals surface area contributed by atoms with E-state index in [1.807, 2.05) is 0 Å². The number of ether oxygens (including phenoxy) is 1. The molecular weight excluding hydrogens is 234 g/mol. The molecule has 0 N–H and O–H groups in total. The SMILES string of the molecule is CCOC(=O)N1CCCCC1(C=O)CCC(C)=O. The normalized spacial score (nSPS) is 23.6. The smallest absolute Gasteiger partial charge is 0.410 e. The number of nitrogens with zero attached hydrogens (tertiary/aromatic N) is 1. The Hall–Kier alpha value is -1.39. The molecule has 0 saturated carbocycles. The van der Waals surface area contributed by atoms with Gasteiger partial charge in [0.05, 0.1) is 6.61 Å². The second kappa shape index (κ2) is 6.52. The van der Waals surface area contributed by atoms with Crippen molar-refractivity contribution in [2.45, 2.75) is 51.5 Å². The summed E-state index contributed by atoms with van der Waals surface area (Å²) in [6, 6.07) is 0. The zero-order valence-electron chi connectivity index (χ0n) is 11.1. The van der Waals surface area contributed by atoms with E-state index >= 15 is 0 Å². The van der Waals surface area contributed by atoms with E-state index in [0.29, 0.717) is 25.8 Å². The molecule has 1 aliphatic heterocycles. The van der Waals surface area contributed by atoms with Crippen LogP contribution in [0.4, 0.5) is 4.79 Å². The molecule has 5 nitrogen and oxygen atoms in total. The number of carbonyl (C=O) groups is 3. The molecule has 0 spiro atoms. The van der Waals surface area contributed by atoms with Gasteiger partial charge in [0.1, 0.15) is 17.6 Å². The molecule has 18 heavy (non-hydrogen) atoms. The molecule has 1 unspecified atom stereocenters. The predicted molar refractivity (Wildman–Crippen MR) is 66.3 cm³/mol. The molecule has 1 aliphatic rings. The van der Waals surface area contributed by atoms with Crippen molar-refractivity contribution in [2.75, 3.05) is 13.2 Å². The summed E-state index contributed by atoms with van der Waals surface area (Å²) < 4.78 is 4.99. The molecule has 1 rings (SSSR count). The average molecular weight is 255 g/mol. The van der Waals surface area contributed by atoms with Crippen molar-refractivity contribution >= 4 is 18.2 Å². The van der Waals surface area contributed by atoms with E-state index in [9.17, 15) is 14.4 Å². The number of likely N-dealkylation sites (tertiary alicyclic amines) is 1. The molecule has 1 amide bonds. The summed E-state index contributed by atoms with van der Waals surface area (Å²) in [7, 11) is 0. The number of piperidine rings is 1. The van der Waals surface area contributed by atoms with Gasteiger partial charge in [-0.05, 0) is 39.5 Å². The van der Waals surface area contributed by atoms with Crippen LogP contribution in [-0.4, -0.2) is 41.8 Å². The Labute approximate surface area is 107 Å². The van der Waals surface area contributed by atoms with Gasteiger partial charge in [0.2, 0.25) is 0 Å². The Morgan fingerprint density at radius 2 is 2.11 bits per heavy atom. The summed E-state index contributed by atoms with van der Waals surface area (Å²) in [5.74, 6) is 0.0330. The third kappa shape index (κ3) is 3.31. The van der Waals surface area contributed by atoms with Gasteiger partial charge in [-0.3, -0.25) is 4.90 Å². The van der Waals surface area contributed by atoms with E-state index in [1.165, 1.54) is 11.8 Å². The molecule has 0 aliphatic carbocycles. The molecule has 1 heterocycles. The van der Waals surface area contributed by atoms with Crippen molar-refractivity contribution in [3.63, 3.8) is 0 Å². The maximum Gasteiger partial charge on any atom is 0.410 e. The summed E-state index contributed by atoms with van der Waals surface area (Å²) in [5, 5.41) is 0. The highest BCUT2D eigenvalue weighted by Crippen LogP contribution is 2.31. The van der Waals surface area contributed by atoms with Crippen molar-refractivity contribution in [3.8, 4) is 0 Å². The van der Waals surface area contributed by atoms with Crippen LogP contribution in [0.15, 0.2) is 0 Å². The number of amides is 1. The summed E-state index contributed by atoms with van der Waals surface area (Å²) in [6.45, 7) is 4.04. The lowest BCUT2D eigenvalue weighted by atomic mass is 9.83. The number of rotatable bonds is 5. The number of hydrogen-bond donors (Lipinski definition) is 0. The number of hydrogen-bond acceptors (Lipinski definition) is 4. The number of carbonyl (C=O) groups excluding carboxylic acids is 3. The third-order valence-electron chi connectivity index (χ3n) is 3.40. The van der Waals surface area contributed by atoms with Crippen LogP contribution in [0.3, 0.4) is 0 Å². The van der Waals surface area contributed by atoms with E-state index in [-0.39, 0.29) is 12.4 Å². The summed E-state index contributed by atoms with van der Waals surface area (Å²) in [5.41, 5.74) is -0.851. The lowest BCUT2D eigenvalue weighted by molar-refractivity contribution is -0.122.